The molecule has 146 valence electrons. The molecule has 2 unspecified atom stereocenters. The summed E-state index contributed by atoms with van der Waals surface area (Å²) in [6.45, 7) is 0.952. The van der Waals surface area contributed by atoms with Crippen LogP contribution in [-0.4, -0.2) is 47.1 Å². The van der Waals surface area contributed by atoms with Crippen LogP contribution in [-0.2, 0) is 16.1 Å². The maximum atomic E-state index is 13.1. The Morgan fingerprint density at radius 3 is 2.46 bits per heavy atom. The quantitative estimate of drug-likeness (QED) is 0.757. The maximum Gasteiger partial charge on any atom is 0.410 e. The van der Waals surface area contributed by atoms with Crippen molar-refractivity contribution in [1.29, 1.82) is 0 Å². The molecular weight excluding hydrogens is 363 g/mol. The molecule has 2 aliphatic rings. The van der Waals surface area contributed by atoms with Crippen LogP contribution in [0.2, 0.25) is 0 Å². The summed E-state index contributed by atoms with van der Waals surface area (Å²) >= 11 is 0. The van der Waals surface area contributed by atoms with E-state index < -0.39 is 5.82 Å². The van der Waals surface area contributed by atoms with Gasteiger partial charge in [0.1, 0.15) is 18.1 Å². The topological polar surface area (TPSA) is 68.7 Å². The normalized spacial score (nSPS) is 23.9. The van der Waals surface area contributed by atoms with E-state index >= 15 is 0 Å². The van der Waals surface area contributed by atoms with Gasteiger partial charge in [0.15, 0.2) is 5.78 Å². The number of ether oxygens (including phenoxy) is 2. The monoisotopic (exact) mass is 384 g/mol. The number of carbonyl (C=O) groups is 2. The number of aromatic nitrogens is 1. The summed E-state index contributed by atoms with van der Waals surface area (Å²) in [5.74, 6) is -0.859. The van der Waals surface area contributed by atoms with Crippen molar-refractivity contribution in [2.75, 3.05) is 13.2 Å². The molecule has 0 spiro atoms. The fourth-order valence-electron chi connectivity index (χ4n) is 3.95. The van der Waals surface area contributed by atoms with Crippen molar-refractivity contribution in [3.63, 3.8) is 0 Å². The van der Waals surface area contributed by atoms with E-state index in [1.54, 1.807) is 4.90 Å². The predicted molar refractivity (Wildman–Crippen MR) is 98.1 cm³/mol. The van der Waals surface area contributed by atoms with Crippen LogP contribution in [0.1, 0.15) is 28.9 Å². The fourth-order valence-corrected chi connectivity index (χ4v) is 3.95. The van der Waals surface area contributed by atoms with E-state index in [4.69, 9.17) is 9.47 Å². The van der Waals surface area contributed by atoms with E-state index in [-0.39, 0.29) is 42.2 Å². The molecule has 2 atom stereocenters. The first-order valence-electron chi connectivity index (χ1n) is 9.34. The average Bonchev–Trinajstić information content (AvgIpc) is 2.72. The number of piperidine rings is 1. The first kappa shape index (κ1) is 18.6. The van der Waals surface area contributed by atoms with Crippen LogP contribution < -0.4 is 0 Å². The van der Waals surface area contributed by atoms with Gasteiger partial charge in [0.25, 0.3) is 0 Å². The molecule has 1 aromatic heterocycles. The number of pyridine rings is 1. The van der Waals surface area contributed by atoms with Crippen molar-refractivity contribution in [3.05, 3.63) is 65.7 Å². The minimum absolute atomic E-state index is 0.116. The van der Waals surface area contributed by atoms with Crippen LogP contribution >= 0.6 is 0 Å². The Bertz CT molecular complexity index is 829. The average molecular weight is 384 g/mol. The molecule has 2 bridgehead atoms. The first-order valence-corrected chi connectivity index (χ1v) is 9.34. The van der Waals surface area contributed by atoms with Crippen LogP contribution in [0.3, 0.4) is 0 Å². The lowest BCUT2D eigenvalue weighted by atomic mass is 9.82. The number of morpholine rings is 1. The molecule has 1 aromatic carbocycles. The van der Waals surface area contributed by atoms with Gasteiger partial charge in [-0.05, 0) is 30.5 Å². The summed E-state index contributed by atoms with van der Waals surface area (Å²) in [6.07, 6.45) is 1.63. The Morgan fingerprint density at radius 2 is 1.82 bits per heavy atom. The molecule has 28 heavy (non-hydrogen) atoms. The Morgan fingerprint density at radius 1 is 1.11 bits per heavy atom. The number of carbonyl (C=O) groups excluding carboxylic acids is 2. The van der Waals surface area contributed by atoms with Gasteiger partial charge in [-0.3, -0.25) is 14.7 Å². The fraction of sp³-hybridized carbons (Fsp3) is 0.381. The maximum absolute atomic E-state index is 13.1. The highest BCUT2D eigenvalue weighted by Gasteiger charge is 2.44. The molecule has 0 radical (unpaired) electrons. The number of fused-ring (bicyclic) bond motifs is 2. The molecule has 4 rings (SSSR count). The van der Waals surface area contributed by atoms with Gasteiger partial charge < -0.3 is 9.47 Å². The summed E-state index contributed by atoms with van der Waals surface area (Å²) in [7, 11) is 0. The molecule has 2 aromatic rings. The summed E-state index contributed by atoms with van der Waals surface area (Å²) < 4.78 is 24.2. The second kappa shape index (κ2) is 8.06. The predicted octanol–water partition coefficient (Wildman–Crippen LogP) is 3.22. The van der Waals surface area contributed by atoms with Crippen molar-refractivity contribution >= 4 is 11.9 Å². The van der Waals surface area contributed by atoms with Crippen molar-refractivity contribution in [2.24, 2.45) is 5.92 Å². The Hall–Kier alpha value is -2.80. The summed E-state index contributed by atoms with van der Waals surface area (Å²) in [5.41, 5.74) is 1.18. The number of benzene rings is 1. The van der Waals surface area contributed by atoms with Gasteiger partial charge in [0.2, 0.25) is 0 Å². The van der Waals surface area contributed by atoms with E-state index in [0.717, 1.165) is 11.8 Å². The first-order chi connectivity index (χ1) is 13.6. The molecule has 6 nitrogen and oxygen atoms in total. The summed E-state index contributed by atoms with van der Waals surface area (Å²) in [4.78, 5) is 31.1. The lowest BCUT2D eigenvalue weighted by molar-refractivity contribution is -0.0755. The van der Waals surface area contributed by atoms with Gasteiger partial charge in [-0.2, -0.15) is 0 Å². The van der Waals surface area contributed by atoms with Crippen molar-refractivity contribution in [2.45, 2.75) is 31.5 Å². The van der Waals surface area contributed by atoms with Crippen LogP contribution in [0.15, 0.2) is 48.7 Å². The third-order valence-electron chi connectivity index (χ3n) is 5.29. The molecule has 1 amide bonds. The van der Waals surface area contributed by atoms with E-state index in [9.17, 15) is 14.0 Å². The number of halogens is 1. The zero-order valence-corrected chi connectivity index (χ0v) is 15.3. The van der Waals surface area contributed by atoms with Gasteiger partial charge >= 0.3 is 6.09 Å². The van der Waals surface area contributed by atoms with E-state index in [2.05, 4.69) is 4.98 Å². The molecular formula is C21H21FN2O4. The summed E-state index contributed by atoms with van der Waals surface area (Å²) in [6, 6.07) is 11.7. The zero-order chi connectivity index (χ0) is 19.5. The zero-order valence-electron chi connectivity index (χ0n) is 15.3. The molecule has 3 heterocycles. The number of ketones is 1. The molecule has 2 fully saturated rings. The van der Waals surface area contributed by atoms with Crippen LogP contribution in [0.4, 0.5) is 9.18 Å². The Labute approximate surface area is 162 Å². The SMILES string of the molecule is O=C(c1ccc(F)cn1)C1CC2COCC(C1)N2C(=O)OCc1ccccc1. The van der Waals surface area contributed by atoms with Gasteiger partial charge in [0.05, 0.1) is 31.5 Å². The second-order valence-electron chi connectivity index (χ2n) is 7.19. The Balaban J connectivity index is 1.42. The lowest BCUT2D eigenvalue weighted by Gasteiger charge is -2.47. The van der Waals surface area contributed by atoms with E-state index in [0.29, 0.717) is 26.1 Å². The van der Waals surface area contributed by atoms with Crippen LogP contribution in [0, 0.1) is 11.7 Å². The molecule has 2 saturated heterocycles. The molecule has 0 saturated carbocycles. The van der Waals surface area contributed by atoms with Crippen LogP contribution in [0.25, 0.3) is 0 Å². The molecule has 2 aliphatic heterocycles. The standard InChI is InChI=1S/C21H21FN2O4/c22-16-6-7-19(23-10-16)20(25)15-8-17-12-27-13-18(9-15)24(17)21(26)28-11-14-4-2-1-3-5-14/h1-7,10,15,17-18H,8-9,11-13H2. The van der Waals surface area contributed by atoms with E-state index in [1.807, 2.05) is 30.3 Å². The smallest absolute Gasteiger partial charge is 0.410 e. The van der Waals surface area contributed by atoms with Gasteiger partial charge in [-0.15, -0.1) is 0 Å². The largest absolute Gasteiger partial charge is 0.445 e. The number of Topliss-reactive ketones (excluding diaryl/α,β-unsaturated/α-hetero) is 1. The molecule has 0 aliphatic carbocycles. The van der Waals surface area contributed by atoms with Crippen LogP contribution in [0.5, 0.6) is 0 Å². The third-order valence-corrected chi connectivity index (χ3v) is 5.29. The minimum Gasteiger partial charge on any atom is -0.445 e. The van der Waals surface area contributed by atoms with Gasteiger partial charge in [-0.25, -0.2) is 9.18 Å². The number of rotatable bonds is 4. The van der Waals surface area contributed by atoms with E-state index in [1.165, 1.54) is 12.1 Å². The highest BCUT2D eigenvalue weighted by atomic mass is 19.1. The second-order valence-corrected chi connectivity index (χ2v) is 7.19. The van der Waals surface area contributed by atoms with Crippen molar-refractivity contribution < 1.29 is 23.5 Å². The number of nitrogens with zero attached hydrogens (tertiary/aromatic N) is 2. The molecule has 7 heteroatoms. The minimum atomic E-state index is -0.474. The van der Waals surface area contributed by atoms with Gasteiger partial charge in [-0.1, -0.05) is 30.3 Å². The summed E-state index contributed by atoms with van der Waals surface area (Å²) in [5, 5.41) is 0. The van der Waals surface area contributed by atoms with Crippen molar-refractivity contribution in [3.8, 4) is 0 Å². The number of hydrogen-bond donors (Lipinski definition) is 0. The number of amides is 1. The third kappa shape index (κ3) is 3.89. The lowest BCUT2D eigenvalue weighted by Crippen LogP contribution is -2.60. The highest BCUT2D eigenvalue weighted by molar-refractivity contribution is 5.96. The van der Waals surface area contributed by atoms with Crippen molar-refractivity contribution in [1.82, 2.24) is 9.88 Å². The van der Waals surface area contributed by atoms with Gasteiger partial charge in [0, 0.05) is 5.92 Å². The Kier molecular flexibility index (Phi) is 5.34. The number of hydrogen-bond acceptors (Lipinski definition) is 5. The molecule has 0 N–H and O–H groups in total. The highest BCUT2D eigenvalue weighted by Crippen LogP contribution is 2.34.